The number of carbonyl (C=O) groups excluding carboxylic acids is 1. The molecule has 0 spiro atoms. The summed E-state index contributed by atoms with van der Waals surface area (Å²) in [5, 5.41) is 7.75. The van der Waals surface area contributed by atoms with Gasteiger partial charge >= 0.3 is 6.03 Å². The monoisotopic (exact) mass is 306 g/mol. The minimum absolute atomic E-state index is 0.203. The normalized spacial score (nSPS) is 11.9. The molecule has 2 amide bonds. The van der Waals surface area contributed by atoms with E-state index in [0.29, 0.717) is 6.54 Å². The Morgan fingerprint density at radius 1 is 1.29 bits per heavy atom. The summed E-state index contributed by atoms with van der Waals surface area (Å²) in [6, 6.07) is 9.66. The minimum Gasteiger partial charge on any atom is -0.338 e. The van der Waals surface area contributed by atoms with Crippen LogP contribution in [0.5, 0.6) is 0 Å². The molecule has 0 saturated carbocycles. The lowest BCUT2D eigenvalue weighted by Crippen LogP contribution is -2.38. The van der Waals surface area contributed by atoms with Crippen LogP contribution in [0.4, 0.5) is 9.18 Å². The summed E-state index contributed by atoms with van der Waals surface area (Å²) < 4.78 is 13.1. The molecule has 0 saturated heterocycles. The van der Waals surface area contributed by atoms with Crippen LogP contribution in [0, 0.1) is 5.82 Å². The first kappa shape index (κ1) is 15.5. The summed E-state index contributed by atoms with van der Waals surface area (Å²) in [5.41, 5.74) is 0.865. The van der Waals surface area contributed by atoms with E-state index in [1.807, 2.05) is 17.5 Å². The third-order valence-electron chi connectivity index (χ3n) is 3.12. The molecule has 21 heavy (non-hydrogen) atoms. The molecule has 2 aromatic rings. The van der Waals surface area contributed by atoms with Gasteiger partial charge in [0.1, 0.15) is 5.82 Å². The number of urea groups is 1. The number of halogens is 1. The molecule has 0 unspecified atom stereocenters. The molecule has 1 aromatic carbocycles. The molecule has 0 aliphatic heterocycles. The Balaban J connectivity index is 2.10. The van der Waals surface area contributed by atoms with Gasteiger partial charge in [-0.3, -0.25) is 0 Å². The molecule has 0 aliphatic carbocycles. The number of hydrogen-bond donors (Lipinski definition) is 2. The number of unbranched alkanes of at least 4 members (excludes halogenated alkanes) is 1. The summed E-state index contributed by atoms with van der Waals surface area (Å²) in [5.74, 6) is -0.281. The fourth-order valence-corrected chi connectivity index (χ4v) is 2.79. The van der Waals surface area contributed by atoms with Crippen molar-refractivity contribution in [3.05, 3.63) is 58.0 Å². The molecule has 0 radical (unpaired) electrons. The molecular formula is C16H19FN2OS. The Kier molecular flexibility index (Phi) is 5.75. The maximum atomic E-state index is 13.1. The number of benzene rings is 1. The summed E-state index contributed by atoms with van der Waals surface area (Å²) in [4.78, 5) is 13.0. The summed E-state index contributed by atoms with van der Waals surface area (Å²) in [6.45, 7) is 2.73. The van der Waals surface area contributed by atoms with E-state index in [1.54, 1.807) is 23.5 Å². The van der Waals surface area contributed by atoms with Crippen molar-refractivity contribution in [2.75, 3.05) is 6.54 Å². The average molecular weight is 306 g/mol. The predicted molar refractivity (Wildman–Crippen MR) is 84.0 cm³/mol. The number of hydrogen-bond acceptors (Lipinski definition) is 2. The van der Waals surface area contributed by atoms with Crippen LogP contribution in [0.3, 0.4) is 0 Å². The topological polar surface area (TPSA) is 41.1 Å². The van der Waals surface area contributed by atoms with Gasteiger partial charge in [-0.2, -0.15) is 0 Å². The Morgan fingerprint density at radius 2 is 2.05 bits per heavy atom. The summed E-state index contributed by atoms with van der Waals surface area (Å²) in [7, 11) is 0. The molecule has 2 N–H and O–H groups in total. The van der Waals surface area contributed by atoms with Gasteiger partial charge in [-0.05, 0) is 35.6 Å². The highest BCUT2D eigenvalue weighted by Crippen LogP contribution is 2.26. The van der Waals surface area contributed by atoms with Crippen molar-refractivity contribution >= 4 is 17.4 Å². The van der Waals surface area contributed by atoms with Crippen LogP contribution in [-0.4, -0.2) is 12.6 Å². The van der Waals surface area contributed by atoms with E-state index >= 15 is 0 Å². The second-order valence-electron chi connectivity index (χ2n) is 4.75. The Bertz CT molecular complexity index is 554. The zero-order valence-corrected chi connectivity index (χ0v) is 12.8. The van der Waals surface area contributed by atoms with Gasteiger partial charge in [0.25, 0.3) is 0 Å². The standard InChI is InChI=1S/C16H19FN2OS/c1-2-3-10-18-16(20)19-15(14-5-4-11-21-14)12-6-8-13(17)9-7-12/h4-9,11,15H,2-3,10H2,1H3,(H2,18,19,20)/t15-/m1/s1. The first-order valence-corrected chi connectivity index (χ1v) is 7.92. The number of nitrogens with one attached hydrogen (secondary N) is 2. The molecule has 1 heterocycles. The third kappa shape index (κ3) is 4.56. The van der Waals surface area contributed by atoms with Gasteiger partial charge in [0.2, 0.25) is 0 Å². The zero-order chi connectivity index (χ0) is 15.1. The van der Waals surface area contributed by atoms with Crippen molar-refractivity contribution in [1.82, 2.24) is 10.6 Å². The fraction of sp³-hybridized carbons (Fsp3) is 0.312. The van der Waals surface area contributed by atoms with Gasteiger partial charge in [-0.25, -0.2) is 9.18 Å². The SMILES string of the molecule is CCCCNC(=O)N[C@H](c1ccc(F)cc1)c1cccs1. The first-order valence-electron chi connectivity index (χ1n) is 7.04. The number of carbonyl (C=O) groups is 1. The van der Waals surface area contributed by atoms with Crippen molar-refractivity contribution in [3.63, 3.8) is 0 Å². The molecule has 1 atom stereocenters. The largest absolute Gasteiger partial charge is 0.338 e. The van der Waals surface area contributed by atoms with Crippen LogP contribution in [-0.2, 0) is 0 Å². The predicted octanol–water partition coefficient (Wildman–Crippen LogP) is 4.08. The summed E-state index contributed by atoms with van der Waals surface area (Å²) >= 11 is 1.56. The van der Waals surface area contributed by atoms with Crippen molar-refractivity contribution in [2.45, 2.75) is 25.8 Å². The highest BCUT2D eigenvalue weighted by Gasteiger charge is 2.17. The number of thiophene rings is 1. The Hall–Kier alpha value is -1.88. The Labute approximate surface area is 128 Å². The highest BCUT2D eigenvalue weighted by molar-refractivity contribution is 7.10. The lowest BCUT2D eigenvalue weighted by Gasteiger charge is -2.18. The maximum absolute atomic E-state index is 13.1. The van der Waals surface area contributed by atoms with Crippen molar-refractivity contribution in [3.8, 4) is 0 Å². The smallest absolute Gasteiger partial charge is 0.315 e. The fourth-order valence-electron chi connectivity index (χ4n) is 1.99. The second-order valence-corrected chi connectivity index (χ2v) is 5.73. The van der Waals surface area contributed by atoms with Gasteiger partial charge in [0.05, 0.1) is 6.04 Å². The molecule has 0 fully saturated rings. The van der Waals surface area contributed by atoms with Crippen LogP contribution in [0.25, 0.3) is 0 Å². The molecule has 1 aromatic heterocycles. The van der Waals surface area contributed by atoms with Crippen molar-refractivity contribution < 1.29 is 9.18 Å². The first-order chi connectivity index (χ1) is 10.2. The minimum atomic E-state index is -0.281. The van der Waals surface area contributed by atoms with Gasteiger partial charge < -0.3 is 10.6 Å². The quantitative estimate of drug-likeness (QED) is 0.776. The van der Waals surface area contributed by atoms with Gasteiger partial charge in [0, 0.05) is 11.4 Å². The Morgan fingerprint density at radius 3 is 2.67 bits per heavy atom. The van der Waals surface area contributed by atoms with Crippen molar-refractivity contribution in [2.24, 2.45) is 0 Å². The van der Waals surface area contributed by atoms with E-state index in [2.05, 4.69) is 17.6 Å². The molecular weight excluding hydrogens is 287 g/mol. The summed E-state index contributed by atoms with van der Waals surface area (Å²) in [6.07, 6.45) is 1.99. The van der Waals surface area contributed by atoms with Crippen LogP contribution < -0.4 is 10.6 Å². The molecule has 0 aliphatic rings. The van der Waals surface area contributed by atoms with E-state index in [9.17, 15) is 9.18 Å². The molecule has 2 rings (SSSR count). The molecule has 112 valence electrons. The molecule has 0 bridgehead atoms. The average Bonchev–Trinajstić information content (AvgIpc) is 3.00. The second kappa shape index (κ2) is 7.78. The van der Waals surface area contributed by atoms with Crippen LogP contribution in [0.15, 0.2) is 41.8 Å². The maximum Gasteiger partial charge on any atom is 0.315 e. The van der Waals surface area contributed by atoms with Crippen molar-refractivity contribution in [1.29, 1.82) is 0 Å². The number of amides is 2. The lowest BCUT2D eigenvalue weighted by molar-refractivity contribution is 0.238. The molecule has 3 nitrogen and oxygen atoms in total. The van der Waals surface area contributed by atoms with Crippen LogP contribution in [0.2, 0.25) is 0 Å². The van der Waals surface area contributed by atoms with E-state index in [-0.39, 0.29) is 17.9 Å². The van der Waals surface area contributed by atoms with Gasteiger partial charge in [-0.1, -0.05) is 31.5 Å². The van der Waals surface area contributed by atoms with E-state index in [0.717, 1.165) is 23.3 Å². The number of rotatable bonds is 6. The third-order valence-corrected chi connectivity index (χ3v) is 4.06. The molecule has 5 heteroatoms. The van der Waals surface area contributed by atoms with E-state index < -0.39 is 0 Å². The van der Waals surface area contributed by atoms with Gasteiger partial charge in [-0.15, -0.1) is 11.3 Å². The van der Waals surface area contributed by atoms with Crippen LogP contribution in [0.1, 0.15) is 36.2 Å². The lowest BCUT2D eigenvalue weighted by atomic mass is 10.1. The van der Waals surface area contributed by atoms with E-state index in [1.165, 1.54) is 12.1 Å². The van der Waals surface area contributed by atoms with Gasteiger partial charge in [0.15, 0.2) is 0 Å². The van der Waals surface area contributed by atoms with E-state index in [4.69, 9.17) is 0 Å². The zero-order valence-electron chi connectivity index (χ0n) is 11.9. The highest BCUT2D eigenvalue weighted by atomic mass is 32.1. The van der Waals surface area contributed by atoms with Crippen LogP contribution >= 0.6 is 11.3 Å².